The number of urea groups is 1. The van der Waals surface area contributed by atoms with Crippen molar-refractivity contribution in [1.29, 1.82) is 0 Å². The van der Waals surface area contributed by atoms with Gasteiger partial charge in [-0.25, -0.2) is 4.79 Å². The molecule has 0 saturated heterocycles. The number of amides is 2. The number of nitrogens with one attached hydrogen (secondary N) is 2. The molecule has 1 fully saturated rings. The van der Waals surface area contributed by atoms with Crippen LogP contribution in [0.25, 0.3) is 0 Å². The second-order valence-corrected chi connectivity index (χ2v) is 4.47. The molecule has 0 aliphatic heterocycles. The molecule has 0 heterocycles. The monoisotopic (exact) mass is 242 g/mol. The van der Waals surface area contributed by atoms with Crippen molar-refractivity contribution in [2.75, 3.05) is 13.2 Å². The standard InChI is InChI=1S/C12H22N2O3/c1-3-17-11(15)8-13-12(16)14-9(2)10-6-4-5-7-10/h9-10H,3-8H2,1-2H3,(H2,13,14,16). The van der Waals surface area contributed by atoms with Crippen molar-refractivity contribution < 1.29 is 14.3 Å². The molecule has 1 aliphatic carbocycles. The van der Waals surface area contributed by atoms with Gasteiger partial charge >= 0.3 is 12.0 Å². The lowest BCUT2D eigenvalue weighted by atomic mass is 10.0. The molecule has 1 unspecified atom stereocenters. The molecule has 1 saturated carbocycles. The van der Waals surface area contributed by atoms with Crippen LogP contribution in [0.4, 0.5) is 4.79 Å². The van der Waals surface area contributed by atoms with Crippen LogP contribution < -0.4 is 10.6 Å². The maximum Gasteiger partial charge on any atom is 0.325 e. The van der Waals surface area contributed by atoms with E-state index in [1.54, 1.807) is 6.92 Å². The molecule has 1 atom stereocenters. The van der Waals surface area contributed by atoms with Crippen LogP contribution in [0, 0.1) is 5.92 Å². The van der Waals surface area contributed by atoms with E-state index in [1.807, 2.05) is 6.92 Å². The van der Waals surface area contributed by atoms with Gasteiger partial charge in [0, 0.05) is 6.04 Å². The first-order valence-electron chi connectivity index (χ1n) is 6.33. The third-order valence-electron chi connectivity index (χ3n) is 3.16. The van der Waals surface area contributed by atoms with Crippen LogP contribution in [0.15, 0.2) is 0 Å². The molecule has 0 bridgehead atoms. The average molecular weight is 242 g/mol. The van der Waals surface area contributed by atoms with Crippen molar-refractivity contribution in [3.8, 4) is 0 Å². The van der Waals surface area contributed by atoms with Crippen LogP contribution in [0.5, 0.6) is 0 Å². The Labute approximate surface area is 102 Å². The predicted molar refractivity (Wildman–Crippen MR) is 64.6 cm³/mol. The molecule has 98 valence electrons. The van der Waals surface area contributed by atoms with Crippen LogP contribution in [0.1, 0.15) is 39.5 Å². The summed E-state index contributed by atoms with van der Waals surface area (Å²) in [6.07, 6.45) is 4.86. The van der Waals surface area contributed by atoms with Gasteiger partial charge in [-0.15, -0.1) is 0 Å². The fourth-order valence-corrected chi connectivity index (χ4v) is 2.20. The molecule has 17 heavy (non-hydrogen) atoms. The number of rotatable bonds is 5. The summed E-state index contributed by atoms with van der Waals surface area (Å²) in [6, 6.07) is -0.128. The van der Waals surface area contributed by atoms with E-state index in [0.29, 0.717) is 12.5 Å². The Morgan fingerprint density at radius 1 is 1.35 bits per heavy atom. The van der Waals surface area contributed by atoms with Crippen molar-refractivity contribution in [3.63, 3.8) is 0 Å². The van der Waals surface area contributed by atoms with Gasteiger partial charge in [0.25, 0.3) is 0 Å². The van der Waals surface area contributed by atoms with E-state index >= 15 is 0 Å². The highest BCUT2D eigenvalue weighted by Crippen LogP contribution is 2.27. The number of carbonyl (C=O) groups is 2. The minimum absolute atomic E-state index is 0.0724. The Balaban J connectivity index is 2.17. The summed E-state index contributed by atoms with van der Waals surface area (Å²) in [4.78, 5) is 22.5. The summed E-state index contributed by atoms with van der Waals surface area (Å²) in [5.41, 5.74) is 0. The highest BCUT2D eigenvalue weighted by molar-refractivity contribution is 5.80. The first-order chi connectivity index (χ1) is 8.13. The molecule has 0 aromatic heterocycles. The van der Waals surface area contributed by atoms with Crippen LogP contribution >= 0.6 is 0 Å². The van der Waals surface area contributed by atoms with Crippen molar-refractivity contribution in [1.82, 2.24) is 10.6 Å². The molecular weight excluding hydrogens is 220 g/mol. The van der Waals surface area contributed by atoms with E-state index in [2.05, 4.69) is 10.6 Å². The van der Waals surface area contributed by atoms with Crippen molar-refractivity contribution in [3.05, 3.63) is 0 Å². The number of esters is 1. The maximum absolute atomic E-state index is 11.5. The number of carbonyl (C=O) groups excluding carboxylic acids is 2. The fourth-order valence-electron chi connectivity index (χ4n) is 2.20. The molecule has 0 aromatic carbocycles. The van der Waals surface area contributed by atoms with Gasteiger partial charge in [0.2, 0.25) is 0 Å². The van der Waals surface area contributed by atoms with Gasteiger partial charge in [0.05, 0.1) is 6.61 Å². The van der Waals surface area contributed by atoms with E-state index in [0.717, 1.165) is 0 Å². The number of hydrogen-bond donors (Lipinski definition) is 2. The summed E-state index contributed by atoms with van der Waals surface area (Å²) >= 11 is 0. The third-order valence-corrected chi connectivity index (χ3v) is 3.16. The number of ether oxygens (including phenoxy) is 1. The van der Waals surface area contributed by atoms with Gasteiger partial charge in [-0.2, -0.15) is 0 Å². The summed E-state index contributed by atoms with van der Waals surface area (Å²) < 4.78 is 4.72. The van der Waals surface area contributed by atoms with Gasteiger partial charge in [-0.1, -0.05) is 12.8 Å². The molecule has 5 nitrogen and oxygen atoms in total. The first-order valence-corrected chi connectivity index (χ1v) is 6.33. The molecule has 2 amide bonds. The Bertz CT molecular complexity index is 262. The van der Waals surface area contributed by atoms with E-state index in [-0.39, 0.29) is 18.6 Å². The van der Waals surface area contributed by atoms with E-state index < -0.39 is 5.97 Å². The second kappa shape index (κ2) is 7.14. The molecule has 0 radical (unpaired) electrons. The lowest BCUT2D eigenvalue weighted by Crippen LogP contribution is -2.45. The normalized spacial score (nSPS) is 17.5. The lowest BCUT2D eigenvalue weighted by Gasteiger charge is -2.20. The lowest BCUT2D eigenvalue weighted by molar-refractivity contribution is -0.141. The second-order valence-electron chi connectivity index (χ2n) is 4.47. The average Bonchev–Trinajstić information content (AvgIpc) is 2.80. The molecular formula is C12H22N2O3. The van der Waals surface area contributed by atoms with Gasteiger partial charge in [0.15, 0.2) is 0 Å². The largest absolute Gasteiger partial charge is 0.465 e. The predicted octanol–water partition coefficient (Wildman–Crippen LogP) is 1.43. The molecule has 0 spiro atoms. The molecule has 1 aliphatic rings. The Hall–Kier alpha value is -1.26. The quantitative estimate of drug-likeness (QED) is 0.717. The van der Waals surface area contributed by atoms with Gasteiger partial charge in [-0.05, 0) is 32.6 Å². The first kappa shape index (κ1) is 13.8. The molecule has 1 rings (SSSR count). The topological polar surface area (TPSA) is 67.4 Å². The summed E-state index contributed by atoms with van der Waals surface area (Å²) in [6.45, 7) is 4.01. The Morgan fingerprint density at radius 3 is 2.59 bits per heavy atom. The van der Waals surface area contributed by atoms with Crippen molar-refractivity contribution in [2.45, 2.75) is 45.6 Å². The zero-order chi connectivity index (χ0) is 12.7. The van der Waals surface area contributed by atoms with Crippen molar-refractivity contribution >= 4 is 12.0 Å². The van der Waals surface area contributed by atoms with Gasteiger partial charge < -0.3 is 15.4 Å². The van der Waals surface area contributed by atoms with E-state index in [1.165, 1.54) is 25.7 Å². The SMILES string of the molecule is CCOC(=O)CNC(=O)NC(C)C1CCCC1. The van der Waals surface area contributed by atoms with Crippen LogP contribution in [-0.2, 0) is 9.53 Å². The summed E-state index contributed by atoms with van der Waals surface area (Å²) in [5, 5.41) is 5.36. The zero-order valence-electron chi connectivity index (χ0n) is 10.6. The minimum atomic E-state index is -0.406. The third kappa shape index (κ3) is 5.06. The van der Waals surface area contributed by atoms with Gasteiger partial charge in [0.1, 0.15) is 6.54 Å². The minimum Gasteiger partial charge on any atom is -0.465 e. The van der Waals surface area contributed by atoms with Crippen LogP contribution in [0.2, 0.25) is 0 Å². The summed E-state index contributed by atoms with van der Waals surface area (Å²) in [7, 11) is 0. The highest BCUT2D eigenvalue weighted by atomic mass is 16.5. The van der Waals surface area contributed by atoms with E-state index in [4.69, 9.17) is 4.74 Å². The maximum atomic E-state index is 11.5. The van der Waals surface area contributed by atoms with Crippen molar-refractivity contribution in [2.24, 2.45) is 5.92 Å². The molecule has 5 heteroatoms. The smallest absolute Gasteiger partial charge is 0.325 e. The molecule has 0 aromatic rings. The Morgan fingerprint density at radius 2 is 2.00 bits per heavy atom. The zero-order valence-corrected chi connectivity index (χ0v) is 10.6. The van der Waals surface area contributed by atoms with E-state index in [9.17, 15) is 9.59 Å². The van der Waals surface area contributed by atoms with Gasteiger partial charge in [-0.3, -0.25) is 4.79 Å². The number of hydrogen-bond acceptors (Lipinski definition) is 3. The highest BCUT2D eigenvalue weighted by Gasteiger charge is 2.22. The van der Waals surface area contributed by atoms with Crippen LogP contribution in [0.3, 0.4) is 0 Å². The fraction of sp³-hybridized carbons (Fsp3) is 0.833. The van der Waals surface area contributed by atoms with Crippen LogP contribution in [-0.4, -0.2) is 31.2 Å². The Kier molecular flexibility index (Phi) is 5.80. The summed E-state index contributed by atoms with van der Waals surface area (Å²) in [5.74, 6) is 0.166. The molecule has 2 N–H and O–H groups in total.